The Morgan fingerprint density at radius 3 is 2.32 bits per heavy atom. The Hall–Kier alpha value is -1.59. The fourth-order valence-corrected chi connectivity index (χ4v) is 2.30. The molecule has 1 heterocycles. The van der Waals surface area contributed by atoms with Crippen LogP contribution in [-0.2, 0) is 23.9 Å². The quantitative estimate of drug-likeness (QED) is 0.388. The summed E-state index contributed by atoms with van der Waals surface area (Å²) in [5.74, 6) is -2.08. The van der Waals surface area contributed by atoms with Gasteiger partial charge in [0.15, 0.2) is 5.92 Å². The van der Waals surface area contributed by atoms with E-state index in [1.54, 1.807) is 18.7 Å². The minimum Gasteiger partial charge on any atom is -0.465 e. The zero-order chi connectivity index (χ0) is 14.3. The van der Waals surface area contributed by atoms with E-state index in [1.807, 2.05) is 0 Å². The first-order valence-corrected chi connectivity index (χ1v) is 6.68. The predicted molar refractivity (Wildman–Crippen MR) is 67.2 cm³/mol. The second-order valence-corrected chi connectivity index (χ2v) is 4.43. The molecule has 6 heteroatoms. The van der Waals surface area contributed by atoms with Crippen molar-refractivity contribution in [1.29, 1.82) is 0 Å². The minimum absolute atomic E-state index is 0.0867. The van der Waals surface area contributed by atoms with Crippen LogP contribution in [0.15, 0.2) is 0 Å². The van der Waals surface area contributed by atoms with Gasteiger partial charge in [0.2, 0.25) is 6.41 Å². The average Bonchev–Trinajstić information content (AvgIpc) is 2.83. The molecule has 0 aliphatic carbocycles. The minimum atomic E-state index is -0.939. The highest BCUT2D eigenvalue weighted by Crippen LogP contribution is 2.23. The summed E-state index contributed by atoms with van der Waals surface area (Å²) in [6, 6.07) is -0.0867. The summed E-state index contributed by atoms with van der Waals surface area (Å²) in [6.07, 6.45) is 2.73. The first kappa shape index (κ1) is 15.5. The van der Waals surface area contributed by atoms with Crippen molar-refractivity contribution in [3.8, 4) is 0 Å². The van der Waals surface area contributed by atoms with Crippen LogP contribution in [0, 0.1) is 5.92 Å². The molecule has 0 bridgehead atoms. The van der Waals surface area contributed by atoms with E-state index in [4.69, 9.17) is 9.47 Å². The van der Waals surface area contributed by atoms with E-state index in [-0.39, 0.29) is 25.7 Å². The third-order valence-electron chi connectivity index (χ3n) is 3.21. The lowest BCUT2D eigenvalue weighted by Crippen LogP contribution is -2.36. The largest absolute Gasteiger partial charge is 0.465 e. The summed E-state index contributed by atoms with van der Waals surface area (Å²) in [6.45, 7) is 4.49. The molecule has 6 nitrogen and oxygen atoms in total. The van der Waals surface area contributed by atoms with Gasteiger partial charge in [-0.1, -0.05) is 0 Å². The summed E-state index contributed by atoms with van der Waals surface area (Å²) < 4.78 is 9.81. The maximum atomic E-state index is 11.8. The second-order valence-electron chi connectivity index (χ2n) is 4.43. The van der Waals surface area contributed by atoms with Gasteiger partial charge >= 0.3 is 11.9 Å². The van der Waals surface area contributed by atoms with Crippen molar-refractivity contribution in [2.24, 2.45) is 5.92 Å². The van der Waals surface area contributed by atoms with Crippen LogP contribution in [0.2, 0.25) is 0 Å². The molecule has 19 heavy (non-hydrogen) atoms. The van der Waals surface area contributed by atoms with Crippen LogP contribution in [0.3, 0.4) is 0 Å². The summed E-state index contributed by atoms with van der Waals surface area (Å²) in [7, 11) is 0. The van der Waals surface area contributed by atoms with Crippen LogP contribution in [0.4, 0.5) is 0 Å². The molecule has 0 radical (unpaired) electrons. The Morgan fingerprint density at radius 1 is 1.26 bits per heavy atom. The standard InChI is InChI=1S/C13H21NO5/c1-3-18-12(16)11(13(17)19-4-2)8-10-6-5-7-14(10)9-15/h9-11H,3-8H2,1-2H3. The third-order valence-corrected chi connectivity index (χ3v) is 3.21. The molecule has 108 valence electrons. The molecule has 0 saturated carbocycles. The number of likely N-dealkylation sites (tertiary alicyclic amines) is 1. The molecule has 0 aromatic rings. The van der Waals surface area contributed by atoms with Gasteiger partial charge in [0.25, 0.3) is 0 Å². The van der Waals surface area contributed by atoms with E-state index in [0.717, 1.165) is 19.3 Å². The predicted octanol–water partition coefficient (Wildman–Crippen LogP) is 0.740. The summed E-state index contributed by atoms with van der Waals surface area (Å²) in [5.41, 5.74) is 0. The van der Waals surface area contributed by atoms with E-state index < -0.39 is 17.9 Å². The number of rotatable bonds is 7. The summed E-state index contributed by atoms with van der Waals surface area (Å²) in [5, 5.41) is 0. The maximum absolute atomic E-state index is 11.8. The molecular weight excluding hydrogens is 250 g/mol. The molecule has 1 fully saturated rings. The Bertz CT molecular complexity index is 313. The van der Waals surface area contributed by atoms with Gasteiger partial charge in [-0.3, -0.25) is 14.4 Å². The van der Waals surface area contributed by atoms with Gasteiger partial charge < -0.3 is 14.4 Å². The van der Waals surface area contributed by atoms with Crippen LogP contribution < -0.4 is 0 Å². The molecule has 1 aliphatic rings. The molecule has 0 aromatic heterocycles. The van der Waals surface area contributed by atoms with Gasteiger partial charge in [-0.05, 0) is 33.1 Å². The fourth-order valence-electron chi connectivity index (χ4n) is 2.30. The van der Waals surface area contributed by atoms with E-state index in [1.165, 1.54) is 0 Å². The van der Waals surface area contributed by atoms with Crippen LogP contribution in [0.25, 0.3) is 0 Å². The highest BCUT2D eigenvalue weighted by atomic mass is 16.6. The lowest BCUT2D eigenvalue weighted by molar-refractivity contribution is -0.162. The monoisotopic (exact) mass is 271 g/mol. The number of nitrogens with zero attached hydrogens (tertiary/aromatic N) is 1. The number of carbonyl (C=O) groups is 3. The number of esters is 2. The van der Waals surface area contributed by atoms with Crippen molar-refractivity contribution >= 4 is 18.3 Å². The zero-order valence-electron chi connectivity index (χ0n) is 11.5. The normalized spacial score (nSPS) is 18.5. The van der Waals surface area contributed by atoms with E-state index in [0.29, 0.717) is 6.54 Å². The molecule has 1 unspecified atom stereocenters. The number of hydrogen-bond donors (Lipinski definition) is 0. The Labute approximate surface area is 113 Å². The van der Waals surface area contributed by atoms with E-state index in [2.05, 4.69) is 0 Å². The zero-order valence-corrected chi connectivity index (χ0v) is 11.5. The van der Waals surface area contributed by atoms with Gasteiger partial charge in [-0.25, -0.2) is 0 Å². The van der Waals surface area contributed by atoms with Crippen molar-refractivity contribution < 1.29 is 23.9 Å². The third kappa shape index (κ3) is 4.22. The van der Waals surface area contributed by atoms with Crippen molar-refractivity contribution in [3.05, 3.63) is 0 Å². The van der Waals surface area contributed by atoms with Gasteiger partial charge in [-0.2, -0.15) is 0 Å². The molecule has 0 aromatic carbocycles. The average molecular weight is 271 g/mol. The number of ether oxygens (including phenoxy) is 2. The molecule has 1 atom stereocenters. The number of hydrogen-bond acceptors (Lipinski definition) is 5. The van der Waals surface area contributed by atoms with Crippen molar-refractivity contribution in [3.63, 3.8) is 0 Å². The van der Waals surface area contributed by atoms with Gasteiger partial charge in [-0.15, -0.1) is 0 Å². The molecule has 1 aliphatic heterocycles. The summed E-state index contributed by atoms with van der Waals surface area (Å²) >= 11 is 0. The molecule has 1 saturated heterocycles. The van der Waals surface area contributed by atoms with Gasteiger partial charge in [0.05, 0.1) is 13.2 Å². The van der Waals surface area contributed by atoms with Crippen LogP contribution in [0.5, 0.6) is 0 Å². The fraction of sp³-hybridized carbons (Fsp3) is 0.769. The van der Waals surface area contributed by atoms with Crippen molar-refractivity contribution in [2.45, 2.75) is 39.2 Å². The SMILES string of the molecule is CCOC(=O)C(CC1CCCN1C=O)C(=O)OCC. The summed E-state index contributed by atoms with van der Waals surface area (Å²) in [4.78, 5) is 36.1. The number of amides is 1. The molecular formula is C13H21NO5. The Kier molecular flexibility index (Phi) is 6.32. The van der Waals surface area contributed by atoms with Crippen LogP contribution >= 0.6 is 0 Å². The highest BCUT2D eigenvalue weighted by molar-refractivity contribution is 5.95. The smallest absolute Gasteiger partial charge is 0.320 e. The second kappa shape index (κ2) is 7.76. The van der Waals surface area contributed by atoms with Gasteiger partial charge in [0.1, 0.15) is 0 Å². The van der Waals surface area contributed by atoms with E-state index >= 15 is 0 Å². The first-order valence-electron chi connectivity index (χ1n) is 6.68. The number of carbonyl (C=O) groups excluding carboxylic acids is 3. The first-order chi connectivity index (χ1) is 9.13. The lowest BCUT2D eigenvalue weighted by Gasteiger charge is -2.23. The maximum Gasteiger partial charge on any atom is 0.320 e. The molecule has 0 N–H and O–H groups in total. The van der Waals surface area contributed by atoms with Crippen molar-refractivity contribution in [1.82, 2.24) is 4.90 Å². The van der Waals surface area contributed by atoms with Gasteiger partial charge in [0, 0.05) is 12.6 Å². The highest BCUT2D eigenvalue weighted by Gasteiger charge is 2.35. The Morgan fingerprint density at radius 2 is 1.84 bits per heavy atom. The van der Waals surface area contributed by atoms with E-state index in [9.17, 15) is 14.4 Å². The van der Waals surface area contributed by atoms with Crippen molar-refractivity contribution in [2.75, 3.05) is 19.8 Å². The molecule has 1 amide bonds. The molecule has 0 spiro atoms. The topological polar surface area (TPSA) is 72.9 Å². The van der Waals surface area contributed by atoms with Crippen LogP contribution in [-0.4, -0.2) is 49.0 Å². The molecule has 1 rings (SSSR count). The lowest BCUT2D eigenvalue weighted by atomic mass is 9.98. The van der Waals surface area contributed by atoms with Crippen LogP contribution in [0.1, 0.15) is 33.1 Å². The Balaban J connectivity index is 2.70.